The lowest BCUT2D eigenvalue weighted by atomic mass is 10.2. The molecule has 0 spiro atoms. The Morgan fingerprint density at radius 2 is 1.09 bits per heavy atom. The summed E-state index contributed by atoms with van der Waals surface area (Å²) in [5.74, 6) is 0.872. The van der Waals surface area contributed by atoms with Crippen LogP contribution in [0.25, 0.3) is 0 Å². The Hall–Kier alpha value is -3.87. The zero-order valence-electron chi connectivity index (χ0n) is 18.8. The third-order valence-electron chi connectivity index (χ3n) is 5.54. The summed E-state index contributed by atoms with van der Waals surface area (Å²) in [7, 11) is -0.787. The van der Waals surface area contributed by atoms with E-state index in [1.54, 1.807) is 0 Å². The molecule has 0 aliphatic carbocycles. The van der Waals surface area contributed by atoms with Crippen LogP contribution in [0.3, 0.4) is 0 Å². The largest absolute Gasteiger partial charge is 0.489 e. The lowest BCUT2D eigenvalue weighted by molar-refractivity contribution is 0.306. The van der Waals surface area contributed by atoms with E-state index >= 15 is 0 Å². The summed E-state index contributed by atoms with van der Waals surface area (Å²) in [5.41, 5.74) is 3.32. The fraction of sp³-hybridized carbons (Fsp3) is 0.0323. The minimum Gasteiger partial charge on any atom is -0.489 e. The quantitative estimate of drug-likeness (QED) is 0.259. The van der Waals surface area contributed by atoms with E-state index in [0.29, 0.717) is 6.61 Å². The number of hydrogen-bond donors (Lipinski definition) is 1. The summed E-state index contributed by atoms with van der Waals surface area (Å²) in [6.45, 7) is 0.542. The SMILES string of the molecule is c1ccc(COc2ccc(Nc3ccccc3)c(P(c3ccccc3)c3ccccc3)c2)cc1. The Labute approximate surface area is 202 Å². The van der Waals surface area contributed by atoms with Crippen molar-refractivity contribution >= 4 is 35.2 Å². The van der Waals surface area contributed by atoms with Gasteiger partial charge in [-0.1, -0.05) is 109 Å². The highest BCUT2D eigenvalue weighted by atomic mass is 31.1. The van der Waals surface area contributed by atoms with Crippen molar-refractivity contribution in [3.8, 4) is 5.75 Å². The van der Waals surface area contributed by atoms with Gasteiger partial charge in [-0.2, -0.15) is 0 Å². The Morgan fingerprint density at radius 1 is 0.559 bits per heavy atom. The van der Waals surface area contributed by atoms with E-state index in [2.05, 4.69) is 121 Å². The molecule has 3 heteroatoms. The van der Waals surface area contributed by atoms with Gasteiger partial charge < -0.3 is 10.1 Å². The highest BCUT2D eigenvalue weighted by Gasteiger charge is 2.20. The van der Waals surface area contributed by atoms with E-state index in [-0.39, 0.29) is 0 Å². The molecule has 0 saturated carbocycles. The predicted molar refractivity (Wildman–Crippen MR) is 146 cm³/mol. The van der Waals surface area contributed by atoms with Gasteiger partial charge in [-0.25, -0.2) is 0 Å². The van der Waals surface area contributed by atoms with E-state index < -0.39 is 7.92 Å². The van der Waals surface area contributed by atoms with E-state index in [0.717, 1.165) is 22.7 Å². The maximum atomic E-state index is 6.24. The second-order valence-corrected chi connectivity index (χ2v) is 10.1. The van der Waals surface area contributed by atoms with Gasteiger partial charge in [-0.3, -0.25) is 0 Å². The minimum absolute atomic E-state index is 0.542. The molecular formula is C31H26NOP. The highest BCUT2D eigenvalue weighted by Crippen LogP contribution is 2.38. The van der Waals surface area contributed by atoms with Crippen molar-refractivity contribution in [3.63, 3.8) is 0 Å². The molecule has 2 nitrogen and oxygen atoms in total. The second kappa shape index (κ2) is 10.8. The lowest BCUT2D eigenvalue weighted by Gasteiger charge is -2.24. The molecule has 0 aliphatic rings. The van der Waals surface area contributed by atoms with E-state index in [1.807, 2.05) is 24.3 Å². The van der Waals surface area contributed by atoms with Crippen LogP contribution < -0.4 is 26.0 Å². The Bertz CT molecular complexity index is 1270. The van der Waals surface area contributed by atoms with Gasteiger partial charge in [0.1, 0.15) is 12.4 Å². The van der Waals surface area contributed by atoms with Crippen LogP contribution in [-0.4, -0.2) is 0 Å². The molecule has 5 aromatic carbocycles. The van der Waals surface area contributed by atoms with Crippen LogP contribution in [-0.2, 0) is 6.61 Å². The molecule has 0 radical (unpaired) electrons. The highest BCUT2D eigenvalue weighted by molar-refractivity contribution is 7.80. The number of benzene rings is 5. The third kappa shape index (κ3) is 5.36. The van der Waals surface area contributed by atoms with E-state index in [4.69, 9.17) is 4.74 Å². The summed E-state index contributed by atoms with van der Waals surface area (Å²) in [4.78, 5) is 0. The van der Waals surface area contributed by atoms with E-state index in [1.165, 1.54) is 15.9 Å². The Kier molecular flexibility index (Phi) is 6.99. The molecule has 5 rings (SSSR count). The normalized spacial score (nSPS) is 10.7. The summed E-state index contributed by atoms with van der Waals surface area (Å²) in [5, 5.41) is 7.50. The molecule has 0 unspecified atom stereocenters. The van der Waals surface area contributed by atoms with Crippen LogP contribution in [0, 0.1) is 0 Å². The topological polar surface area (TPSA) is 21.3 Å². The molecule has 0 atom stereocenters. The first-order valence-electron chi connectivity index (χ1n) is 11.4. The summed E-state index contributed by atoms with van der Waals surface area (Å²) in [6, 6.07) is 48.5. The first-order valence-corrected chi connectivity index (χ1v) is 12.7. The first-order chi connectivity index (χ1) is 16.9. The van der Waals surface area contributed by atoms with Gasteiger partial charge in [0.15, 0.2) is 0 Å². The van der Waals surface area contributed by atoms with Gasteiger partial charge in [0.25, 0.3) is 0 Å². The van der Waals surface area contributed by atoms with Crippen LogP contribution in [0.1, 0.15) is 5.56 Å². The number of ether oxygens (including phenoxy) is 1. The average molecular weight is 460 g/mol. The number of anilines is 2. The maximum absolute atomic E-state index is 6.24. The number of nitrogens with one attached hydrogen (secondary N) is 1. The van der Waals surface area contributed by atoms with Crippen molar-refractivity contribution in [2.24, 2.45) is 0 Å². The molecule has 166 valence electrons. The van der Waals surface area contributed by atoms with Crippen molar-refractivity contribution in [1.82, 2.24) is 0 Å². The average Bonchev–Trinajstić information content (AvgIpc) is 2.91. The molecule has 0 amide bonds. The van der Waals surface area contributed by atoms with Gasteiger partial charge in [0, 0.05) is 16.7 Å². The molecule has 0 saturated heterocycles. The molecule has 0 heterocycles. The fourth-order valence-electron chi connectivity index (χ4n) is 3.89. The van der Waals surface area contributed by atoms with Crippen molar-refractivity contribution in [2.45, 2.75) is 6.61 Å². The van der Waals surface area contributed by atoms with Crippen LogP contribution >= 0.6 is 7.92 Å². The lowest BCUT2D eigenvalue weighted by Crippen LogP contribution is -2.22. The Balaban J connectivity index is 1.58. The van der Waals surface area contributed by atoms with Gasteiger partial charge in [-0.15, -0.1) is 0 Å². The standard InChI is InChI=1S/C31H26NOP/c1-5-13-25(14-6-1)24-33-27-21-22-30(32-26-15-7-2-8-16-26)31(23-27)34(28-17-9-3-10-18-28)29-19-11-4-12-20-29/h1-23,32H,24H2. The molecule has 0 bridgehead atoms. The third-order valence-corrected chi connectivity index (χ3v) is 8.02. The Morgan fingerprint density at radius 3 is 1.68 bits per heavy atom. The van der Waals surface area contributed by atoms with Crippen molar-refractivity contribution in [3.05, 3.63) is 145 Å². The monoisotopic (exact) mass is 459 g/mol. The number of hydrogen-bond acceptors (Lipinski definition) is 2. The molecule has 1 N–H and O–H groups in total. The fourth-order valence-corrected chi connectivity index (χ4v) is 6.31. The molecule has 34 heavy (non-hydrogen) atoms. The van der Waals surface area contributed by atoms with Crippen LogP contribution in [0.4, 0.5) is 11.4 Å². The second-order valence-electron chi connectivity index (χ2n) is 7.95. The predicted octanol–water partition coefficient (Wildman–Crippen LogP) is 6.77. The van der Waals surface area contributed by atoms with E-state index in [9.17, 15) is 0 Å². The molecule has 0 fully saturated rings. The van der Waals surface area contributed by atoms with Crippen molar-refractivity contribution < 1.29 is 4.74 Å². The van der Waals surface area contributed by atoms with Gasteiger partial charge in [-0.05, 0) is 54.4 Å². The minimum atomic E-state index is -0.787. The molecule has 5 aromatic rings. The summed E-state index contributed by atoms with van der Waals surface area (Å²) >= 11 is 0. The van der Waals surface area contributed by atoms with Crippen molar-refractivity contribution in [2.75, 3.05) is 5.32 Å². The number of para-hydroxylation sites is 1. The smallest absolute Gasteiger partial charge is 0.120 e. The van der Waals surface area contributed by atoms with Crippen LogP contribution in [0.2, 0.25) is 0 Å². The van der Waals surface area contributed by atoms with Crippen LogP contribution in [0.5, 0.6) is 5.75 Å². The number of rotatable bonds is 8. The summed E-state index contributed by atoms with van der Waals surface area (Å²) in [6.07, 6.45) is 0. The van der Waals surface area contributed by atoms with Gasteiger partial charge >= 0.3 is 0 Å². The van der Waals surface area contributed by atoms with Crippen LogP contribution in [0.15, 0.2) is 140 Å². The van der Waals surface area contributed by atoms with Crippen molar-refractivity contribution in [1.29, 1.82) is 0 Å². The first kappa shape index (κ1) is 21.9. The maximum Gasteiger partial charge on any atom is 0.120 e. The zero-order chi connectivity index (χ0) is 23.0. The molecular weight excluding hydrogens is 433 g/mol. The molecule has 0 aliphatic heterocycles. The van der Waals surface area contributed by atoms with Gasteiger partial charge in [0.05, 0.1) is 0 Å². The summed E-state index contributed by atoms with van der Waals surface area (Å²) < 4.78 is 6.24. The zero-order valence-corrected chi connectivity index (χ0v) is 19.7. The van der Waals surface area contributed by atoms with Gasteiger partial charge in [0.2, 0.25) is 0 Å². The molecule has 0 aromatic heterocycles.